The fourth-order valence-electron chi connectivity index (χ4n) is 9.56. The van der Waals surface area contributed by atoms with Gasteiger partial charge < -0.3 is 33.7 Å². The van der Waals surface area contributed by atoms with Crippen molar-refractivity contribution in [3.8, 4) is 28.5 Å². The second kappa shape index (κ2) is 15.0. The molecule has 2 amide bonds. The molecular weight excluding hydrogens is 747 g/mol. The van der Waals surface area contributed by atoms with Crippen LogP contribution in [0, 0.1) is 6.92 Å². The Balaban J connectivity index is 1.02. The number of ether oxygens (including phenoxy) is 3. The molecule has 0 spiro atoms. The highest BCUT2D eigenvalue weighted by atomic mass is 16.7. The number of benzene rings is 3. The number of morpholine rings is 1. The smallest absolute Gasteiger partial charge is 0.264 e. The molecule has 0 radical (unpaired) electrons. The van der Waals surface area contributed by atoms with Gasteiger partial charge in [-0.3, -0.25) is 24.3 Å². The summed E-state index contributed by atoms with van der Waals surface area (Å²) in [4.78, 5) is 45.9. The van der Waals surface area contributed by atoms with Gasteiger partial charge in [-0.15, -0.1) is 0 Å². The van der Waals surface area contributed by atoms with Gasteiger partial charge in [0.1, 0.15) is 11.6 Å². The van der Waals surface area contributed by atoms with E-state index < -0.39 is 0 Å². The topological polar surface area (TPSA) is 116 Å². The summed E-state index contributed by atoms with van der Waals surface area (Å²) in [7, 11) is 3.94. The number of likely N-dealkylation sites (N-methyl/N-ethyl adjacent to an activating group) is 1. The van der Waals surface area contributed by atoms with Gasteiger partial charge in [0.2, 0.25) is 6.79 Å². The van der Waals surface area contributed by atoms with E-state index in [1.54, 1.807) is 35.4 Å². The Labute approximate surface area is 343 Å². The number of carbonyl (C=O) groups is 2. The second-order valence-corrected chi connectivity index (χ2v) is 16.4. The molecule has 5 aliphatic rings. The highest BCUT2D eigenvalue weighted by Gasteiger charge is 2.37. The van der Waals surface area contributed by atoms with Crippen molar-refractivity contribution in [1.29, 1.82) is 0 Å². The first-order valence-corrected chi connectivity index (χ1v) is 20.6. The predicted octanol–water partition coefficient (Wildman–Crippen LogP) is 5.38. The van der Waals surface area contributed by atoms with Gasteiger partial charge in [0, 0.05) is 94.6 Å². The summed E-state index contributed by atoms with van der Waals surface area (Å²) < 4.78 is 19.6. The number of anilines is 3. The Morgan fingerprint density at radius 1 is 0.881 bits per heavy atom. The van der Waals surface area contributed by atoms with Gasteiger partial charge in [-0.05, 0) is 85.0 Å². The highest BCUT2D eigenvalue weighted by molar-refractivity contribution is 6.12. The van der Waals surface area contributed by atoms with Gasteiger partial charge in [-0.2, -0.15) is 0 Å². The van der Waals surface area contributed by atoms with E-state index in [4.69, 9.17) is 19.2 Å². The predicted molar refractivity (Wildman–Crippen MR) is 224 cm³/mol. The molecule has 0 aliphatic carbocycles. The number of hydrogen-bond acceptors (Lipinski definition) is 10. The number of piperazine rings is 1. The minimum atomic E-state index is -0.257. The SMILES string of the molecule is Cc1c(C(=O)N(c2ccc(O)cc2)c2cnc3c(c2)CCN3C)cc(-c2cc3c(cc2C(=O)N2Cc4ccccc4C[C@H]2CN2CCN4CCOCC4C2)OCO3)n1C. The Hall–Kier alpha value is -5.89. The van der Waals surface area contributed by atoms with E-state index in [1.165, 1.54) is 5.56 Å². The third-order valence-corrected chi connectivity index (χ3v) is 13.0. The number of phenolic OH excluding ortho intramolecular Hbond substituents is 1. The van der Waals surface area contributed by atoms with Gasteiger partial charge in [-0.25, -0.2) is 4.98 Å². The fraction of sp³-hybridized carbons (Fsp3) is 0.370. The van der Waals surface area contributed by atoms with Crippen molar-refractivity contribution < 1.29 is 28.9 Å². The van der Waals surface area contributed by atoms with E-state index in [0.717, 1.165) is 88.0 Å². The molecule has 59 heavy (non-hydrogen) atoms. The van der Waals surface area contributed by atoms with E-state index in [2.05, 4.69) is 32.9 Å². The van der Waals surface area contributed by atoms with E-state index in [-0.39, 0.29) is 30.4 Å². The third kappa shape index (κ3) is 6.76. The number of rotatable bonds is 7. The average Bonchev–Trinajstić information content (AvgIpc) is 3.96. The molecule has 1 unspecified atom stereocenters. The minimum absolute atomic E-state index is 0.0568. The molecule has 1 N–H and O–H groups in total. The number of pyridine rings is 1. The van der Waals surface area contributed by atoms with Crippen molar-refractivity contribution >= 4 is 29.0 Å². The molecule has 2 aromatic heterocycles. The summed E-state index contributed by atoms with van der Waals surface area (Å²) in [6, 6.07) is 23.0. The first-order chi connectivity index (χ1) is 28.7. The molecule has 0 saturated carbocycles. The molecule has 3 aromatic carbocycles. The first-order valence-electron chi connectivity index (χ1n) is 20.6. The second-order valence-electron chi connectivity index (χ2n) is 16.4. The lowest BCUT2D eigenvalue weighted by Crippen LogP contribution is -2.60. The number of fused-ring (bicyclic) bond motifs is 4. The monoisotopic (exact) mass is 795 g/mol. The average molecular weight is 796 g/mol. The Morgan fingerprint density at radius 3 is 2.51 bits per heavy atom. The Kier molecular flexibility index (Phi) is 9.54. The summed E-state index contributed by atoms with van der Waals surface area (Å²) in [6.07, 6.45) is 3.32. The maximum Gasteiger partial charge on any atom is 0.264 e. The van der Waals surface area contributed by atoms with E-state index in [9.17, 15) is 9.90 Å². The minimum Gasteiger partial charge on any atom is -0.508 e. The van der Waals surface area contributed by atoms with Gasteiger partial charge >= 0.3 is 0 Å². The Bertz CT molecular complexity index is 2450. The number of amides is 2. The zero-order chi connectivity index (χ0) is 40.4. The quantitative estimate of drug-likeness (QED) is 0.230. The van der Waals surface area contributed by atoms with Crippen molar-refractivity contribution in [3.63, 3.8) is 0 Å². The van der Waals surface area contributed by atoms with Crippen molar-refractivity contribution in [2.75, 3.05) is 76.1 Å². The molecule has 7 heterocycles. The highest BCUT2D eigenvalue weighted by Crippen LogP contribution is 2.42. The number of nitrogens with zero attached hydrogens (tertiary/aromatic N) is 7. The molecular formula is C46H49N7O6. The van der Waals surface area contributed by atoms with Crippen LogP contribution < -0.4 is 19.3 Å². The van der Waals surface area contributed by atoms with Crippen LogP contribution in [0.1, 0.15) is 43.1 Å². The zero-order valence-corrected chi connectivity index (χ0v) is 33.8. The van der Waals surface area contributed by atoms with Crippen LogP contribution in [0.4, 0.5) is 17.2 Å². The van der Waals surface area contributed by atoms with Crippen molar-refractivity contribution in [3.05, 3.63) is 113 Å². The van der Waals surface area contributed by atoms with Crippen LogP contribution in [0.2, 0.25) is 0 Å². The molecule has 2 saturated heterocycles. The van der Waals surface area contributed by atoms with Crippen LogP contribution in [0.5, 0.6) is 17.2 Å². The molecule has 2 atom stereocenters. The maximum atomic E-state index is 15.3. The molecule has 0 bridgehead atoms. The number of hydrogen-bond donors (Lipinski definition) is 1. The Morgan fingerprint density at radius 2 is 1.68 bits per heavy atom. The van der Waals surface area contributed by atoms with Crippen LogP contribution in [-0.4, -0.2) is 120 Å². The zero-order valence-electron chi connectivity index (χ0n) is 33.8. The molecule has 5 aromatic rings. The molecule has 2 fully saturated rings. The summed E-state index contributed by atoms with van der Waals surface area (Å²) in [5.41, 5.74) is 7.78. The van der Waals surface area contributed by atoms with Crippen LogP contribution in [0.25, 0.3) is 11.3 Å². The van der Waals surface area contributed by atoms with E-state index in [0.29, 0.717) is 57.8 Å². The first kappa shape index (κ1) is 37.4. The normalized spacial score (nSPS) is 20.0. The summed E-state index contributed by atoms with van der Waals surface area (Å²) >= 11 is 0. The number of carbonyl (C=O) groups excluding carboxylic acids is 2. The van der Waals surface area contributed by atoms with Crippen LogP contribution in [0.3, 0.4) is 0 Å². The van der Waals surface area contributed by atoms with Crippen LogP contribution >= 0.6 is 0 Å². The molecule has 13 nitrogen and oxygen atoms in total. The lowest BCUT2D eigenvalue weighted by Gasteiger charge is -2.46. The van der Waals surface area contributed by atoms with Gasteiger partial charge in [0.25, 0.3) is 11.8 Å². The molecule has 5 aliphatic heterocycles. The maximum absolute atomic E-state index is 15.3. The van der Waals surface area contributed by atoms with Crippen molar-refractivity contribution in [2.24, 2.45) is 7.05 Å². The third-order valence-electron chi connectivity index (χ3n) is 13.0. The number of phenols is 1. The van der Waals surface area contributed by atoms with Crippen LogP contribution in [-0.2, 0) is 31.2 Å². The van der Waals surface area contributed by atoms with Gasteiger partial charge in [0.15, 0.2) is 11.5 Å². The van der Waals surface area contributed by atoms with Crippen molar-refractivity contribution in [2.45, 2.75) is 38.4 Å². The number of aromatic nitrogens is 2. The largest absolute Gasteiger partial charge is 0.508 e. The van der Waals surface area contributed by atoms with Gasteiger partial charge in [0.05, 0.1) is 36.2 Å². The summed E-state index contributed by atoms with van der Waals surface area (Å²) in [6.45, 7) is 9.43. The van der Waals surface area contributed by atoms with Gasteiger partial charge in [-0.1, -0.05) is 24.3 Å². The molecule has 10 rings (SSSR count). The lowest BCUT2D eigenvalue weighted by molar-refractivity contribution is -0.0485. The number of aromatic hydroxyl groups is 1. The van der Waals surface area contributed by atoms with E-state index in [1.807, 2.05) is 60.8 Å². The van der Waals surface area contributed by atoms with Crippen LogP contribution in [0.15, 0.2) is 79.0 Å². The molecule has 13 heteroatoms. The standard InChI is InChI=1S/C46H49N7O6/c1-29-38(46(56)53(33-8-10-37(54)11-9-33)34-19-31-12-13-48(2)44(31)47-23-34)20-41(49(29)3)39-21-42-43(59-28-58-42)22-40(39)45(55)52-24-32-7-5-4-6-30(32)18-35(52)25-50-14-15-51-16-17-57-27-36(51)26-50/h4-11,19-23,35-36,54H,12-18,24-28H2,1-3H3/t35-,36?/m0/s1. The lowest BCUT2D eigenvalue weighted by atomic mass is 9.91. The molecule has 304 valence electrons. The fourth-order valence-corrected chi connectivity index (χ4v) is 9.56. The van der Waals surface area contributed by atoms with Crippen molar-refractivity contribution in [1.82, 2.24) is 24.3 Å². The van der Waals surface area contributed by atoms with E-state index >= 15 is 4.79 Å². The summed E-state index contributed by atoms with van der Waals surface area (Å²) in [5.74, 6) is 1.74. The summed E-state index contributed by atoms with van der Waals surface area (Å²) in [5, 5.41) is 10.2.